The largest absolute Gasteiger partial charge is 0.378 e. The number of hydrogen-bond donors (Lipinski definition) is 2. The van der Waals surface area contributed by atoms with Crippen molar-refractivity contribution in [2.75, 3.05) is 26.3 Å². The van der Waals surface area contributed by atoms with E-state index in [1.165, 1.54) is 11.1 Å². The second-order valence-electron chi connectivity index (χ2n) is 6.64. The Morgan fingerprint density at radius 1 is 1.35 bits per heavy atom. The molecule has 1 atom stereocenters. The number of rotatable bonds is 6. The number of hydrogen-bond acceptors (Lipinski definition) is 3. The molecule has 0 aliphatic carbocycles. The predicted octanol–water partition coefficient (Wildman–Crippen LogP) is 2.44. The normalized spacial score (nSPS) is 18.1. The number of carbonyl (C=O) groups excluding carboxylic acids is 1. The number of ether oxygens (including phenoxy) is 1. The van der Waals surface area contributed by atoms with Gasteiger partial charge in [0.2, 0.25) is 5.91 Å². The van der Waals surface area contributed by atoms with Crippen LogP contribution in [0.2, 0.25) is 0 Å². The molecule has 1 heterocycles. The molecule has 0 radical (unpaired) electrons. The number of halogens is 1. The van der Waals surface area contributed by atoms with Gasteiger partial charge in [0, 0.05) is 31.0 Å². The third kappa shape index (κ3) is 6.13. The van der Waals surface area contributed by atoms with E-state index in [4.69, 9.17) is 4.74 Å². The van der Waals surface area contributed by atoms with Gasteiger partial charge in [0.05, 0.1) is 13.2 Å². The maximum absolute atomic E-state index is 12.1. The summed E-state index contributed by atoms with van der Waals surface area (Å²) in [6.07, 6.45) is 1.53. The van der Waals surface area contributed by atoms with Crippen LogP contribution in [0.25, 0.3) is 0 Å². The zero-order valence-electron chi connectivity index (χ0n) is 14.4. The van der Waals surface area contributed by atoms with Crippen LogP contribution in [0.4, 0.5) is 0 Å². The molecule has 130 valence electrons. The summed E-state index contributed by atoms with van der Waals surface area (Å²) in [4.78, 5) is 12.1. The van der Waals surface area contributed by atoms with Crippen LogP contribution in [0, 0.1) is 0 Å². The van der Waals surface area contributed by atoms with Gasteiger partial charge in [-0.25, -0.2) is 0 Å². The molecule has 1 saturated heterocycles. The van der Waals surface area contributed by atoms with Gasteiger partial charge < -0.3 is 15.4 Å². The smallest absolute Gasteiger partial charge is 0.221 e. The van der Waals surface area contributed by atoms with Crippen LogP contribution in [0.1, 0.15) is 38.3 Å². The van der Waals surface area contributed by atoms with Crippen molar-refractivity contribution >= 4 is 18.3 Å². The monoisotopic (exact) mass is 340 g/mol. The van der Waals surface area contributed by atoms with E-state index in [0.29, 0.717) is 19.6 Å². The molecular weight excluding hydrogens is 312 g/mol. The van der Waals surface area contributed by atoms with Crippen molar-refractivity contribution < 1.29 is 9.53 Å². The Hall–Kier alpha value is -1.10. The van der Waals surface area contributed by atoms with E-state index in [0.717, 1.165) is 19.6 Å². The Bertz CT molecular complexity index is 482. The Morgan fingerprint density at radius 2 is 2.04 bits per heavy atom. The molecule has 1 aromatic rings. The van der Waals surface area contributed by atoms with E-state index in [1.54, 1.807) is 0 Å². The first-order chi connectivity index (χ1) is 10.5. The molecule has 1 aromatic carbocycles. The molecule has 0 aromatic heterocycles. The summed E-state index contributed by atoms with van der Waals surface area (Å²) in [6.45, 7) is 9.31. The number of benzene rings is 1. The van der Waals surface area contributed by atoms with Gasteiger partial charge in [-0.2, -0.15) is 0 Å². The number of amides is 1. The van der Waals surface area contributed by atoms with E-state index in [1.807, 2.05) is 0 Å². The number of aryl methyl sites for hydroxylation is 1. The molecule has 1 unspecified atom stereocenters. The number of carbonyl (C=O) groups is 1. The molecular formula is C18H29ClN2O2. The van der Waals surface area contributed by atoms with Crippen LogP contribution in [0.15, 0.2) is 24.3 Å². The highest BCUT2D eigenvalue weighted by Gasteiger charge is 2.23. The first-order valence-electron chi connectivity index (χ1n) is 8.18. The van der Waals surface area contributed by atoms with Gasteiger partial charge in [0.15, 0.2) is 0 Å². The first-order valence-corrected chi connectivity index (χ1v) is 8.18. The second kappa shape index (κ2) is 9.26. The highest BCUT2D eigenvalue weighted by Crippen LogP contribution is 2.22. The highest BCUT2D eigenvalue weighted by atomic mass is 35.5. The molecule has 2 rings (SSSR count). The van der Waals surface area contributed by atoms with Crippen LogP contribution in [-0.2, 0) is 21.4 Å². The molecule has 23 heavy (non-hydrogen) atoms. The molecule has 1 aliphatic heterocycles. The summed E-state index contributed by atoms with van der Waals surface area (Å²) >= 11 is 0. The number of nitrogens with one attached hydrogen (secondary N) is 2. The van der Waals surface area contributed by atoms with Gasteiger partial charge in [-0.3, -0.25) is 4.79 Å². The topological polar surface area (TPSA) is 50.4 Å². The summed E-state index contributed by atoms with van der Waals surface area (Å²) in [5, 5.41) is 6.37. The number of morpholine rings is 1. The fourth-order valence-corrected chi connectivity index (χ4v) is 2.66. The first kappa shape index (κ1) is 19.9. The molecule has 1 fully saturated rings. The maximum atomic E-state index is 12.1. The van der Waals surface area contributed by atoms with Crippen LogP contribution in [0.3, 0.4) is 0 Å². The summed E-state index contributed by atoms with van der Waals surface area (Å²) in [6, 6.07) is 8.81. The lowest BCUT2D eigenvalue weighted by molar-refractivity contribution is -0.122. The molecule has 2 N–H and O–H groups in total. The van der Waals surface area contributed by atoms with Gasteiger partial charge in [0.25, 0.3) is 0 Å². The van der Waals surface area contributed by atoms with E-state index < -0.39 is 0 Å². The van der Waals surface area contributed by atoms with Crippen LogP contribution >= 0.6 is 12.4 Å². The maximum Gasteiger partial charge on any atom is 0.221 e. The van der Waals surface area contributed by atoms with E-state index in [-0.39, 0.29) is 29.8 Å². The Labute approximate surface area is 145 Å². The standard InChI is InChI=1S/C18H28N2O2.ClH/c1-4-14-5-7-15(8-6-14)18(2,3)13-20-17(21)11-16-12-22-10-9-19-16;/h5-8,16,19H,4,9-13H2,1-3H3,(H,20,21);1H. The van der Waals surface area contributed by atoms with Crippen molar-refractivity contribution in [3.05, 3.63) is 35.4 Å². The van der Waals surface area contributed by atoms with E-state index in [2.05, 4.69) is 55.7 Å². The fraction of sp³-hybridized carbons (Fsp3) is 0.611. The van der Waals surface area contributed by atoms with Crippen LogP contribution < -0.4 is 10.6 Å². The highest BCUT2D eigenvalue weighted by molar-refractivity contribution is 5.85. The molecule has 1 amide bonds. The fourth-order valence-electron chi connectivity index (χ4n) is 2.66. The van der Waals surface area contributed by atoms with Gasteiger partial charge in [-0.15, -0.1) is 12.4 Å². The third-order valence-corrected chi connectivity index (χ3v) is 4.30. The minimum absolute atomic E-state index is 0. The van der Waals surface area contributed by atoms with Crippen molar-refractivity contribution in [2.24, 2.45) is 0 Å². The lowest BCUT2D eigenvalue weighted by Crippen LogP contribution is -2.45. The Kier molecular flexibility index (Phi) is 8.03. The van der Waals surface area contributed by atoms with Gasteiger partial charge in [0.1, 0.15) is 0 Å². The minimum Gasteiger partial charge on any atom is -0.378 e. The Morgan fingerprint density at radius 3 is 2.61 bits per heavy atom. The third-order valence-electron chi connectivity index (χ3n) is 4.30. The second-order valence-corrected chi connectivity index (χ2v) is 6.64. The average molecular weight is 341 g/mol. The molecule has 0 spiro atoms. The molecule has 0 saturated carbocycles. The van der Waals surface area contributed by atoms with E-state index in [9.17, 15) is 4.79 Å². The minimum atomic E-state index is -0.0710. The summed E-state index contributed by atoms with van der Waals surface area (Å²) in [5.74, 6) is 0.0845. The van der Waals surface area contributed by atoms with Gasteiger partial charge >= 0.3 is 0 Å². The lowest BCUT2D eigenvalue weighted by atomic mass is 9.84. The molecule has 5 heteroatoms. The summed E-state index contributed by atoms with van der Waals surface area (Å²) in [5.41, 5.74) is 2.52. The van der Waals surface area contributed by atoms with Gasteiger partial charge in [-0.1, -0.05) is 45.0 Å². The van der Waals surface area contributed by atoms with Crippen LogP contribution in [-0.4, -0.2) is 38.3 Å². The SMILES string of the molecule is CCc1ccc(C(C)(C)CNC(=O)CC2COCCN2)cc1.Cl. The van der Waals surface area contributed by atoms with Crippen molar-refractivity contribution in [3.63, 3.8) is 0 Å². The molecule has 1 aliphatic rings. The predicted molar refractivity (Wildman–Crippen MR) is 96.3 cm³/mol. The Balaban J connectivity index is 0.00000264. The van der Waals surface area contributed by atoms with Crippen molar-refractivity contribution in [1.82, 2.24) is 10.6 Å². The molecule has 0 bridgehead atoms. The van der Waals surface area contributed by atoms with Gasteiger partial charge in [-0.05, 0) is 17.5 Å². The zero-order valence-corrected chi connectivity index (χ0v) is 15.2. The quantitative estimate of drug-likeness (QED) is 0.836. The zero-order chi connectivity index (χ0) is 16.0. The van der Waals surface area contributed by atoms with E-state index >= 15 is 0 Å². The lowest BCUT2D eigenvalue weighted by Gasteiger charge is -2.27. The summed E-state index contributed by atoms with van der Waals surface area (Å²) in [7, 11) is 0. The molecule has 4 nitrogen and oxygen atoms in total. The van der Waals surface area contributed by atoms with Crippen molar-refractivity contribution in [3.8, 4) is 0 Å². The van der Waals surface area contributed by atoms with Crippen molar-refractivity contribution in [2.45, 2.75) is 45.1 Å². The van der Waals surface area contributed by atoms with Crippen LogP contribution in [0.5, 0.6) is 0 Å². The summed E-state index contributed by atoms with van der Waals surface area (Å²) < 4.78 is 5.38. The average Bonchev–Trinajstić information content (AvgIpc) is 2.54. The van der Waals surface area contributed by atoms with Crippen molar-refractivity contribution in [1.29, 1.82) is 0 Å².